The van der Waals surface area contributed by atoms with E-state index in [0.717, 1.165) is 9.78 Å². The number of hydrogen-bond acceptors (Lipinski definition) is 6. The zero-order valence-electron chi connectivity index (χ0n) is 19.6. The maximum atomic E-state index is 13.8. The average molecular weight is 703 g/mol. The molecule has 7 nitrogen and oxygen atoms in total. The fraction of sp³-hybridized carbons (Fsp3) is 0.385. The largest absolute Gasteiger partial charge is 0.508 e. The van der Waals surface area contributed by atoms with Crippen molar-refractivity contribution < 1.29 is 24.3 Å². The van der Waals surface area contributed by atoms with Gasteiger partial charge in [-0.05, 0) is 48.4 Å². The Balaban J connectivity index is 1.51. The lowest BCUT2D eigenvalue weighted by atomic mass is 9.56. The second-order valence-corrected chi connectivity index (χ2v) is 13.7. The molecular formula is C26H20Br2Cl2N2O5S. The summed E-state index contributed by atoms with van der Waals surface area (Å²) in [5, 5.41) is 12.8. The monoisotopic (exact) mass is 700 g/mol. The predicted molar refractivity (Wildman–Crippen MR) is 149 cm³/mol. The van der Waals surface area contributed by atoms with Crippen LogP contribution in [0.15, 0.2) is 51.8 Å². The number of fused-ring (bicyclic) bond motifs is 4. The van der Waals surface area contributed by atoms with Crippen LogP contribution in [0.5, 0.6) is 5.75 Å². The second-order valence-electron chi connectivity index (χ2n) is 10.0. The average Bonchev–Trinajstić information content (AvgIpc) is 3.52. The Morgan fingerprint density at radius 3 is 2.50 bits per heavy atom. The van der Waals surface area contributed by atoms with Crippen molar-refractivity contribution in [3.63, 3.8) is 0 Å². The summed E-state index contributed by atoms with van der Waals surface area (Å²) in [5.74, 6) is -5.02. The highest BCUT2D eigenvalue weighted by Crippen LogP contribution is 2.66. The van der Waals surface area contributed by atoms with Crippen molar-refractivity contribution in [1.82, 2.24) is 9.80 Å². The van der Waals surface area contributed by atoms with E-state index in [1.54, 1.807) is 12.1 Å². The molecule has 38 heavy (non-hydrogen) atoms. The number of imide groups is 2. The lowest BCUT2D eigenvalue weighted by Gasteiger charge is -2.50. The Kier molecular flexibility index (Phi) is 6.39. The van der Waals surface area contributed by atoms with E-state index in [1.165, 1.54) is 22.3 Å². The van der Waals surface area contributed by atoms with Crippen LogP contribution in [0, 0.1) is 17.8 Å². The molecule has 3 heterocycles. The minimum Gasteiger partial charge on any atom is -0.508 e. The van der Waals surface area contributed by atoms with Gasteiger partial charge >= 0.3 is 0 Å². The van der Waals surface area contributed by atoms with Crippen molar-refractivity contribution in [3.8, 4) is 5.75 Å². The van der Waals surface area contributed by atoms with Crippen LogP contribution >= 0.6 is 66.4 Å². The van der Waals surface area contributed by atoms with Crippen LogP contribution in [0.3, 0.4) is 0 Å². The van der Waals surface area contributed by atoms with Crippen LogP contribution in [-0.2, 0) is 25.7 Å². The standard InChI is InChI=1S/C26H20Br2Cl2N2O5S/c27-11-32-23(36)25(29)9-17-14(20(26(25,30)24(32)37)16-8-12(28)3-6-18(16)33)4-5-15-19(17)22(35)31(21(15)34)10-13-2-1-7-38-13/h1-4,6-8,15,17,19-20,33H,5,9-11H2. The fourth-order valence-electron chi connectivity index (χ4n) is 6.63. The molecule has 3 fully saturated rings. The van der Waals surface area contributed by atoms with E-state index in [9.17, 15) is 24.3 Å². The zero-order valence-corrected chi connectivity index (χ0v) is 25.1. The highest BCUT2D eigenvalue weighted by Gasteiger charge is 2.76. The van der Waals surface area contributed by atoms with Gasteiger partial charge in [0.15, 0.2) is 9.75 Å². The molecule has 12 heteroatoms. The number of allylic oxidation sites excluding steroid dienone is 2. The lowest BCUT2D eigenvalue weighted by molar-refractivity contribution is -0.141. The number of amides is 4. The van der Waals surface area contributed by atoms with Crippen molar-refractivity contribution in [2.75, 3.05) is 5.45 Å². The molecule has 1 aromatic heterocycles. The van der Waals surface area contributed by atoms with Crippen LogP contribution < -0.4 is 0 Å². The number of phenols is 1. The van der Waals surface area contributed by atoms with E-state index in [0.29, 0.717) is 15.6 Å². The van der Waals surface area contributed by atoms with E-state index in [2.05, 4.69) is 31.9 Å². The Morgan fingerprint density at radius 2 is 1.82 bits per heavy atom. The number of aromatic hydroxyl groups is 1. The van der Waals surface area contributed by atoms with Gasteiger partial charge in [-0.15, -0.1) is 34.5 Å². The molecule has 2 aliphatic carbocycles. The quantitative estimate of drug-likeness (QED) is 0.207. The van der Waals surface area contributed by atoms with Crippen LogP contribution in [-0.4, -0.2) is 53.7 Å². The molecular weight excluding hydrogens is 683 g/mol. The minimum atomic E-state index is -1.95. The van der Waals surface area contributed by atoms with Gasteiger partial charge < -0.3 is 5.11 Å². The Hall–Kier alpha value is -1.72. The Bertz CT molecular complexity index is 1430. The number of thiophene rings is 1. The SMILES string of the molecule is O=C1C2CC=C3C(CC4(Cl)C(=O)N(CBr)C(=O)C4(Cl)C3c3cc(Br)ccc3O)C2C(=O)N1Cc1cccs1. The van der Waals surface area contributed by atoms with E-state index < -0.39 is 45.2 Å². The van der Waals surface area contributed by atoms with Crippen LogP contribution in [0.4, 0.5) is 0 Å². The van der Waals surface area contributed by atoms with Crippen molar-refractivity contribution in [3.05, 3.63) is 62.3 Å². The number of carbonyl (C=O) groups is 4. The second kappa shape index (κ2) is 9.16. The number of alkyl halides is 3. The molecule has 1 N–H and O–H groups in total. The van der Waals surface area contributed by atoms with Gasteiger partial charge in [0.25, 0.3) is 11.8 Å². The molecule has 4 amide bonds. The van der Waals surface area contributed by atoms with Crippen LogP contribution in [0.25, 0.3) is 0 Å². The first-order valence-corrected chi connectivity index (χ1v) is 15.5. The molecule has 0 spiro atoms. The highest BCUT2D eigenvalue weighted by molar-refractivity contribution is 9.10. The number of carbonyl (C=O) groups excluding carboxylic acids is 4. The number of benzene rings is 1. The molecule has 198 valence electrons. The van der Waals surface area contributed by atoms with E-state index >= 15 is 0 Å². The first kappa shape index (κ1) is 26.5. The van der Waals surface area contributed by atoms with Gasteiger partial charge in [-0.1, -0.05) is 49.6 Å². The summed E-state index contributed by atoms with van der Waals surface area (Å²) >= 11 is 22.4. The van der Waals surface area contributed by atoms with Gasteiger partial charge in [0, 0.05) is 20.8 Å². The van der Waals surface area contributed by atoms with Gasteiger partial charge in [0.1, 0.15) is 5.75 Å². The fourth-order valence-corrected chi connectivity index (χ4v) is 9.12. The summed E-state index contributed by atoms with van der Waals surface area (Å²) in [4.78, 5) is 53.9. The predicted octanol–water partition coefficient (Wildman–Crippen LogP) is 5.13. The smallest absolute Gasteiger partial charge is 0.254 e. The molecule has 6 rings (SSSR count). The number of halogens is 4. The van der Waals surface area contributed by atoms with Crippen LogP contribution in [0.1, 0.15) is 29.2 Å². The number of rotatable bonds is 4. The highest BCUT2D eigenvalue weighted by atomic mass is 79.9. The van der Waals surface area contributed by atoms with Crippen molar-refractivity contribution in [2.24, 2.45) is 17.8 Å². The molecule has 6 atom stereocenters. The zero-order chi connectivity index (χ0) is 27.1. The third-order valence-corrected chi connectivity index (χ3v) is 11.6. The van der Waals surface area contributed by atoms with Crippen LogP contribution in [0.2, 0.25) is 0 Å². The van der Waals surface area contributed by atoms with Crippen molar-refractivity contribution >= 4 is 90.0 Å². The number of likely N-dealkylation sites (tertiary alicyclic amines) is 2. The Morgan fingerprint density at radius 1 is 1.05 bits per heavy atom. The van der Waals surface area contributed by atoms with Gasteiger partial charge in [-0.2, -0.15) is 0 Å². The minimum absolute atomic E-state index is 0.0870. The Labute approximate surface area is 249 Å². The van der Waals surface area contributed by atoms with E-state index in [-0.39, 0.29) is 42.4 Å². The van der Waals surface area contributed by atoms with E-state index in [4.69, 9.17) is 23.2 Å². The number of hydrogen-bond donors (Lipinski definition) is 1. The summed E-state index contributed by atoms with van der Waals surface area (Å²) in [6.07, 6.45) is 2.04. The summed E-state index contributed by atoms with van der Waals surface area (Å²) < 4.78 is 0.630. The molecule has 2 saturated heterocycles. The van der Waals surface area contributed by atoms with Gasteiger partial charge in [-0.25, -0.2) is 0 Å². The summed E-state index contributed by atoms with van der Waals surface area (Å²) in [6.45, 7) is 0.181. The molecule has 1 saturated carbocycles. The maximum absolute atomic E-state index is 13.8. The molecule has 0 bridgehead atoms. The molecule has 0 radical (unpaired) electrons. The molecule has 2 aromatic rings. The van der Waals surface area contributed by atoms with Gasteiger partial charge in [0.05, 0.1) is 23.8 Å². The summed E-state index contributed by atoms with van der Waals surface area (Å²) in [7, 11) is 0. The first-order valence-electron chi connectivity index (χ1n) is 11.9. The molecule has 4 aliphatic rings. The van der Waals surface area contributed by atoms with Crippen molar-refractivity contribution in [2.45, 2.75) is 35.1 Å². The molecule has 1 aromatic carbocycles. The summed E-state index contributed by atoms with van der Waals surface area (Å²) in [6, 6.07) is 8.51. The first-order chi connectivity index (χ1) is 18.0. The van der Waals surface area contributed by atoms with Crippen molar-refractivity contribution in [1.29, 1.82) is 0 Å². The van der Waals surface area contributed by atoms with Gasteiger partial charge in [0.2, 0.25) is 11.8 Å². The topological polar surface area (TPSA) is 95.0 Å². The third-order valence-electron chi connectivity index (χ3n) is 8.30. The number of phenolic OH excluding ortho intramolecular Hbond substituents is 1. The lowest BCUT2D eigenvalue weighted by Crippen LogP contribution is -2.60. The number of nitrogens with zero attached hydrogens (tertiary/aromatic N) is 2. The molecule has 6 unspecified atom stereocenters. The van der Waals surface area contributed by atoms with E-state index in [1.807, 2.05) is 23.6 Å². The normalized spacial score (nSPS) is 34.4. The third kappa shape index (κ3) is 3.43. The van der Waals surface area contributed by atoms with Gasteiger partial charge in [-0.3, -0.25) is 29.0 Å². The summed E-state index contributed by atoms with van der Waals surface area (Å²) in [5.41, 5.74) is 0.855. The molecule has 2 aliphatic heterocycles. The maximum Gasteiger partial charge on any atom is 0.254 e.